The summed E-state index contributed by atoms with van der Waals surface area (Å²) < 4.78 is 1.61. The normalized spacial score (nSPS) is 25.9. The lowest BCUT2D eigenvalue weighted by Crippen LogP contribution is -2.45. The summed E-state index contributed by atoms with van der Waals surface area (Å²) in [7, 11) is 0. The minimum Gasteiger partial charge on any atom is -0.388 e. The van der Waals surface area contributed by atoms with Crippen molar-refractivity contribution < 1.29 is 9.90 Å². The first kappa shape index (κ1) is 14.0. The Morgan fingerprint density at radius 3 is 3.24 bits per heavy atom. The molecule has 0 aliphatic heterocycles. The summed E-state index contributed by atoms with van der Waals surface area (Å²) in [6.07, 6.45) is 10.1. The zero-order chi connectivity index (χ0) is 14.9. The zero-order valence-electron chi connectivity index (χ0n) is 12.1. The van der Waals surface area contributed by atoms with Gasteiger partial charge < -0.3 is 10.4 Å². The van der Waals surface area contributed by atoms with Crippen molar-refractivity contribution in [1.29, 1.82) is 0 Å². The van der Waals surface area contributed by atoms with Crippen LogP contribution in [0, 0.1) is 5.92 Å². The highest BCUT2D eigenvalue weighted by molar-refractivity contribution is 6.00. The predicted octanol–water partition coefficient (Wildman–Crippen LogP) is 1.40. The number of nitrogens with one attached hydrogen (secondary N) is 1. The summed E-state index contributed by atoms with van der Waals surface area (Å²) in [5.41, 5.74) is 0.365. The molecule has 0 radical (unpaired) electrons. The van der Waals surface area contributed by atoms with E-state index in [-0.39, 0.29) is 12.5 Å². The smallest absolute Gasteiger partial charge is 0.255 e. The maximum absolute atomic E-state index is 12.3. The fourth-order valence-corrected chi connectivity index (χ4v) is 3.14. The number of carbonyl (C=O) groups is 1. The molecular formula is C15H20N4O2. The predicted molar refractivity (Wildman–Crippen MR) is 77.9 cm³/mol. The van der Waals surface area contributed by atoms with E-state index in [1.165, 1.54) is 6.20 Å². The Bertz CT molecular complexity index is 654. The molecule has 0 spiro atoms. The Morgan fingerprint density at radius 1 is 1.57 bits per heavy atom. The molecule has 2 unspecified atom stereocenters. The first-order chi connectivity index (χ1) is 10.1. The molecule has 1 aliphatic carbocycles. The second-order valence-corrected chi connectivity index (χ2v) is 6.07. The summed E-state index contributed by atoms with van der Waals surface area (Å²) in [5, 5.41) is 17.5. The van der Waals surface area contributed by atoms with E-state index in [1.54, 1.807) is 23.1 Å². The first-order valence-electron chi connectivity index (χ1n) is 7.35. The highest BCUT2D eigenvalue weighted by Gasteiger charge is 2.33. The summed E-state index contributed by atoms with van der Waals surface area (Å²) >= 11 is 0. The Labute approximate surface area is 123 Å². The van der Waals surface area contributed by atoms with Crippen molar-refractivity contribution in [3.8, 4) is 0 Å². The quantitative estimate of drug-likeness (QED) is 0.894. The van der Waals surface area contributed by atoms with Crippen molar-refractivity contribution in [2.75, 3.05) is 6.54 Å². The van der Waals surface area contributed by atoms with Crippen LogP contribution in [0.2, 0.25) is 0 Å². The molecule has 6 nitrogen and oxygen atoms in total. The van der Waals surface area contributed by atoms with Crippen LogP contribution in [0.15, 0.2) is 24.8 Å². The Kier molecular flexibility index (Phi) is 3.63. The summed E-state index contributed by atoms with van der Waals surface area (Å²) in [5.74, 6) is 0.284. The Balaban J connectivity index is 1.69. The van der Waals surface area contributed by atoms with E-state index >= 15 is 0 Å². The van der Waals surface area contributed by atoms with Gasteiger partial charge in [-0.2, -0.15) is 5.10 Å². The Hall–Kier alpha value is -1.95. The summed E-state index contributed by atoms with van der Waals surface area (Å²) in [6.45, 7) is 2.43. The molecule has 0 bridgehead atoms. The average Bonchev–Trinajstić information content (AvgIpc) is 2.89. The van der Waals surface area contributed by atoms with Gasteiger partial charge in [-0.1, -0.05) is 19.8 Å². The third kappa shape index (κ3) is 2.90. The molecule has 1 amide bonds. The minimum absolute atomic E-state index is 0.218. The van der Waals surface area contributed by atoms with Crippen LogP contribution < -0.4 is 5.32 Å². The first-order valence-corrected chi connectivity index (χ1v) is 7.35. The monoisotopic (exact) mass is 288 g/mol. The molecule has 2 atom stereocenters. The zero-order valence-corrected chi connectivity index (χ0v) is 12.1. The molecule has 2 aromatic heterocycles. The van der Waals surface area contributed by atoms with Crippen LogP contribution in [0.3, 0.4) is 0 Å². The lowest BCUT2D eigenvalue weighted by Gasteiger charge is -2.35. The van der Waals surface area contributed by atoms with Crippen LogP contribution in [0.5, 0.6) is 0 Å². The van der Waals surface area contributed by atoms with Crippen LogP contribution in [-0.2, 0) is 0 Å². The SMILES string of the molecule is CC1CCCC(O)(CNC(=O)c2cnn3ccncc23)C1. The van der Waals surface area contributed by atoms with Crippen LogP contribution in [0.25, 0.3) is 5.52 Å². The number of hydrogen-bond donors (Lipinski definition) is 2. The molecule has 3 rings (SSSR count). The molecule has 1 fully saturated rings. The fraction of sp³-hybridized carbons (Fsp3) is 0.533. The third-order valence-electron chi connectivity index (χ3n) is 4.21. The molecule has 0 saturated heterocycles. The van der Waals surface area contributed by atoms with E-state index < -0.39 is 5.60 Å². The highest BCUT2D eigenvalue weighted by atomic mass is 16.3. The lowest BCUT2D eigenvalue weighted by molar-refractivity contribution is -0.0109. The number of carbonyl (C=O) groups excluding carboxylic acids is 1. The van der Waals surface area contributed by atoms with E-state index in [9.17, 15) is 9.90 Å². The maximum Gasteiger partial charge on any atom is 0.255 e. The van der Waals surface area contributed by atoms with Gasteiger partial charge >= 0.3 is 0 Å². The van der Waals surface area contributed by atoms with Crippen molar-refractivity contribution in [1.82, 2.24) is 19.9 Å². The molecule has 2 heterocycles. The van der Waals surface area contributed by atoms with Crippen LogP contribution in [-0.4, -0.2) is 37.8 Å². The molecule has 21 heavy (non-hydrogen) atoms. The number of aliphatic hydroxyl groups is 1. The number of aromatic nitrogens is 3. The molecule has 1 aliphatic rings. The van der Waals surface area contributed by atoms with Gasteiger partial charge in [0.1, 0.15) is 0 Å². The number of fused-ring (bicyclic) bond motifs is 1. The van der Waals surface area contributed by atoms with E-state index in [4.69, 9.17) is 0 Å². The average molecular weight is 288 g/mol. The van der Waals surface area contributed by atoms with Crippen molar-refractivity contribution in [3.05, 3.63) is 30.4 Å². The van der Waals surface area contributed by atoms with Gasteiger partial charge in [0.15, 0.2) is 0 Å². The van der Waals surface area contributed by atoms with Crippen LogP contribution >= 0.6 is 0 Å². The number of hydrogen-bond acceptors (Lipinski definition) is 4. The van der Waals surface area contributed by atoms with E-state index in [0.717, 1.165) is 25.7 Å². The molecule has 6 heteroatoms. The van der Waals surface area contributed by atoms with Gasteiger partial charge in [-0.05, 0) is 18.8 Å². The minimum atomic E-state index is -0.783. The summed E-state index contributed by atoms with van der Waals surface area (Å²) in [6, 6.07) is 0. The van der Waals surface area contributed by atoms with E-state index in [0.29, 0.717) is 17.0 Å². The van der Waals surface area contributed by atoms with E-state index in [2.05, 4.69) is 22.3 Å². The molecule has 1 saturated carbocycles. The standard InChI is InChI=1S/C15H20N4O2/c1-11-3-2-4-15(21,7-11)10-17-14(20)12-8-18-19-6-5-16-9-13(12)19/h5-6,8-9,11,21H,2-4,7,10H2,1H3,(H,17,20). The van der Waals surface area contributed by atoms with Gasteiger partial charge in [0, 0.05) is 18.9 Å². The number of amides is 1. The van der Waals surface area contributed by atoms with Crippen molar-refractivity contribution in [3.63, 3.8) is 0 Å². The van der Waals surface area contributed by atoms with Gasteiger partial charge in [-0.25, -0.2) is 4.52 Å². The number of nitrogens with zero attached hydrogens (tertiary/aromatic N) is 3. The van der Waals surface area contributed by atoms with Crippen molar-refractivity contribution >= 4 is 11.4 Å². The molecule has 112 valence electrons. The second kappa shape index (κ2) is 5.44. The summed E-state index contributed by atoms with van der Waals surface area (Å²) in [4.78, 5) is 16.3. The third-order valence-corrected chi connectivity index (χ3v) is 4.21. The maximum atomic E-state index is 12.3. The largest absolute Gasteiger partial charge is 0.388 e. The molecule has 2 aromatic rings. The topological polar surface area (TPSA) is 79.5 Å². The van der Waals surface area contributed by atoms with Gasteiger partial charge in [-0.3, -0.25) is 9.78 Å². The van der Waals surface area contributed by atoms with Gasteiger partial charge in [0.2, 0.25) is 0 Å². The Morgan fingerprint density at radius 2 is 2.43 bits per heavy atom. The van der Waals surface area contributed by atoms with Crippen LogP contribution in [0.4, 0.5) is 0 Å². The number of rotatable bonds is 3. The van der Waals surface area contributed by atoms with Gasteiger partial charge in [-0.15, -0.1) is 0 Å². The fourth-order valence-electron chi connectivity index (χ4n) is 3.14. The lowest BCUT2D eigenvalue weighted by atomic mass is 9.79. The van der Waals surface area contributed by atoms with Crippen molar-refractivity contribution in [2.45, 2.75) is 38.2 Å². The van der Waals surface area contributed by atoms with Gasteiger partial charge in [0.25, 0.3) is 5.91 Å². The molecule has 0 aromatic carbocycles. The molecule has 2 N–H and O–H groups in total. The van der Waals surface area contributed by atoms with Gasteiger partial charge in [0.05, 0.1) is 29.1 Å². The van der Waals surface area contributed by atoms with E-state index in [1.807, 2.05) is 0 Å². The van der Waals surface area contributed by atoms with Crippen LogP contribution in [0.1, 0.15) is 43.0 Å². The highest BCUT2D eigenvalue weighted by Crippen LogP contribution is 2.31. The second-order valence-electron chi connectivity index (χ2n) is 6.07. The van der Waals surface area contributed by atoms with Crippen molar-refractivity contribution in [2.24, 2.45) is 5.92 Å². The molecular weight excluding hydrogens is 268 g/mol.